The number of fused-ring (bicyclic) bond motifs is 1. The summed E-state index contributed by atoms with van der Waals surface area (Å²) in [7, 11) is 1.56. The molecule has 152 valence electrons. The zero-order valence-electron chi connectivity index (χ0n) is 16.5. The topological polar surface area (TPSA) is 36.9 Å². The summed E-state index contributed by atoms with van der Waals surface area (Å²) in [6, 6.07) is 0. The molecule has 2 aliphatic heterocycles. The molecule has 0 amide bonds. The largest absolute Gasteiger partial charge is 0.412 e. The second-order valence-corrected chi connectivity index (χ2v) is 8.73. The van der Waals surface area contributed by atoms with E-state index in [-0.39, 0.29) is 30.1 Å². The van der Waals surface area contributed by atoms with E-state index in [9.17, 15) is 13.2 Å². The summed E-state index contributed by atoms with van der Waals surface area (Å²) < 4.78 is 62.5. The molecule has 26 heavy (non-hydrogen) atoms. The minimum absolute atomic E-state index is 0.0294. The van der Waals surface area contributed by atoms with Crippen molar-refractivity contribution in [3.8, 4) is 0 Å². The summed E-state index contributed by atoms with van der Waals surface area (Å²) in [5.74, 6) is -0.740. The van der Waals surface area contributed by atoms with Gasteiger partial charge in [0.25, 0.3) is 0 Å². The molecule has 4 nitrogen and oxygen atoms in total. The summed E-state index contributed by atoms with van der Waals surface area (Å²) in [4.78, 5) is 0. The molecule has 0 N–H and O–H groups in total. The Kier molecular flexibility index (Phi) is 6.48. The second-order valence-electron chi connectivity index (χ2n) is 8.73. The lowest BCUT2D eigenvalue weighted by atomic mass is 9.90. The van der Waals surface area contributed by atoms with Gasteiger partial charge in [-0.1, -0.05) is 26.8 Å². The Morgan fingerprint density at radius 3 is 2.35 bits per heavy atom. The van der Waals surface area contributed by atoms with Crippen LogP contribution in [0.25, 0.3) is 0 Å². The number of ether oxygens (including phenoxy) is 4. The van der Waals surface area contributed by atoms with Gasteiger partial charge in [-0.15, -0.1) is 0 Å². The van der Waals surface area contributed by atoms with Crippen molar-refractivity contribution in [2.75, 3.05) is 7.11 Å². The van der Waals surface area contributed by atoms with E-state index < -0.39 is 23.8 Å². The summed E-state index contributed by atoms with van der Waals surface area (Å²) in [5, 5.41) is 0. The number of hydrogen-bond donors (Lipinski definition) is 0. The monoisotopic (exact) mass is 380 g/mol. The predicted octanol–water partition coefficient (Wildman–Crippen LogP) is 4.97. The van der Waals surface area contributed by atoms with Crippen LogP contribution in [0.2, 0.25) is 0 Å². The third kappa shape index (κ3) is 5.68. The zero-order valence-corrected chi connectivity index (χ0v) is 16.5. The van der Waals surface area contributed by atoms with Gasteiger partial charge in [-0.25, -0.2) is 0 Å². The van der Waals surface area contributed by atoms with Crippen LogP contribution in [-0.2, 0) is 18.9 Å². The molecule has 0 bridgehead atoms. The number of rotatable bonds is 6. The fourth-order valence-electron chi connectivity index (χ4n) is 3.35. The van der Waals surface area contributed by atoms with E-state index in [2.05, 4.69) is 0 Å². The standard InChI is InChI=1S/C19H31F3O4/c1-17(2,3)11-10-12(19(20,21)22)8-7-9-13-14(23-6)15-16(24-13)26-18(4,5)25-15/h10,13-16H,7-9,11H2,1-6H3/t13?,14?,15-,16-/m1/s1. The van der Waals surface area contributed by atoms with Crippen molar-refractivity contribution in [2.45, 2.75) is 96.9 Å². The molecular formula is C19H31F3O4. The van der Waals surface area contributed by atoms with Crippen LogP contribution in [0.15, 0.2) is 11.6 Å². The molecule has 2 rings (SSSR count). The summed E-state index contributed by atoms with van der Waals surface area (Å²) in [6.45, 7) is 9.37. The third-order valence-corrected chi connectivity index (χ3v) is 4.62. The van der Waals surface area contributed by atoms with E-state index in [1.807, 2.05) is 20.8 Å². The molecule has 2 fully saturated rings. The van der Waals surface area contributed by atoms with Crippen LogP contribution in [0.3, 0.4) is 0 Å². The first-order chi connectivity index (χ1) is 11.8. The van der Waals surface area contributed by atoms with Crippen molar-refractivity contribution in [3.05, 3.63) is 11.6 Å². The summed E-state index contributed by atoms with van der Waals surface area (Å²) in [6.07, 6.45) is -3.33. The first-order valence-corrected chi connectivity index (χ1v) is 9.12. The average Bonchev–Trinajstić information content (AvgIpc) is 2.90. The molecule has 0 aromatic heterocycles. The van der Waals surface area contributed by atoms with E-state index in [1.54, 1.807) is 21.0 Å². The lowest BCUT2D eigenvalue weighted by Gasteiger charge is -2.25. The SMILES string of the molecule is COC1C(CCCC(=CCC(C)(C)C)C(F)(F)F)O[C@@H]2OC(C)(C)O[C@H]12. The molecule has 0 spiro atoms. The lowest BCUT2D eigenvalue weighted by molar-refractivity contribution is -0.217. The van der Waals surface area contributed by atoms with Crippen molar-refractivity contribution in [1.29, 1.82) is 0 Å². The maximum absolute atomic E-state index is 13.2. The van der Waals surface area contributed by atoms with Crippen LogP contribution >= 0.6 is 0 Å². The molecule has 2 heterocycles. The highest BCUT2D eigenvalue weighted by atomic mass is 19.4. The van der Waals surface area contributed by atoms with Gasteiger partial charge in [-0.05, 0) is 44.9 Å². The minimum atomic E-state index is -4.30. The Balaban J connectivity index is 1.91. The minimum Gasteiger partial charge on any atom is -0.376 e. The number of allylic oxidation sites excluding steroid dienone is 2. The van der Waals surface area contributed by atoms with Crippen LogP contribution < -0.4 is 0 Å². The number of halogens is 3. The normalized spacial score (nSPS) is 32.1. The first kappa shape index (κ1) is 21.7. The highest BCUT2D eigenvalue weighted by Crippen LogP contribution is 2.40. The van der Waals surface area contributed by atoms with E-state index in [0.717, 1.165) is 0 Å². The van der Waals surface area contributed by atoms with Gasteiger partial charge in [-0.2, -0.15) is 13.2 Å². The summed E-state index contributed by atoms with van der Waals surface area (Å²) >= 11 is 0. The van der Waals surface area contributed by atoms with E-state index in [4.69, 9.17) is 18.9 Å². The van der Waals surface area contributed by atoms with E-state index in [1.165, 1.54) is 6.08 Å². The maximum Gasteiger partial charge on any atom is 0.412 e. The van der Waals surface area contributed by atoms with Gasteiger partial charge >= 0.3 is 6.18 Å². The fourth-order valence-corrected chi connectivity index (χ4v) is 3.35. The van der Waals surface area contributed by atoms with Crippen LogP contribution in [0.4, 0.5) is 13.2 Å². The first-order valence-electron chi connectivity index (χ1n) is 9.12. The third-order valence-electron chi connectivity index (χ3n) is 4.62. The van der Waals surface area contributed by atoms with Crippen molar-refractivity contribution < 1.29 is 32.1 Å². The predicted molar refractivity (Wildman–Crippen MR) is 91.6 cm³/mol. The molecular weight excluding hydrogens is 349 g/mol. The van der Waals surface area contributed by atoms with Crippen LogP contribution in [-0.4, -0.2) is 43.7 Å². The van der Waals surface area contributed by atoms with Crippen molar-refractivity contribution in [2.24, 2.45) is 5.41 Å². The van der Waals surface area contributed by atoms with Crippen LogP contribution in [0.5, 0.6) is 0 Å². The molecule has 0 radical (unpaired) electrons. The molecule has 0 aromatic rings. The Bertz CT molecular complexity index is 508. The highest BCUT2D eigenvalue weighted by molar-refractivity contribution is 5.10. The summed E-state index contributed by atoms with van der Waals surface area (Å²) in [5.41, 5.74) is -0.640. The van der Waals surface area contributed by atoms with Crippen molar-refractivity contribution in [1.82, 2.24) is 0 Å². The molecule has 0 aliphatic carbocycles. The number of methoxy groups -OCH3 is 1. The van der Waals surface area contributed by atoms with Gasteiger partial charge in [0, 0.05) is 12.7 Å². The van der Waals surface area contributed by atoms with Gasteiger partial charge in [-0.3, -0.25) is 0 Å². The molecule has 0 saturated carbocycles. The molecule has 7 heteroatoms. The van der Waals surface area contributed by atoms with E-state index in [0.29, 0.717) is 19.3 Å². The van der Waals surface area contributed by atoms with Crippen LogP contribution in [0, 0.1) is 5.41 Å². The van der Waals surface area contributed by atoms with Gasteiger partial charge in [0.15, 0.2) is 12.1 Å². The second kappa shape index (κ2) is 7.78. The maximum atomic E-state index is 13.2. The molecule has 2 aliphatic rings. The fraction of sp³-hybridized carbons (Fsp3) is 0.895. The Hall–Kier alpha value is -0.630. The van der Waals surface area contributed by atoms with Gasteiger partial charge in [0.2, 0.25) is 0 Å². The quantitative estimate of drug-likeness (QED) is 0.610. The van der Waals surface area contributed by atoms with Crippen molar-refractivity contribution in [3.63, 3.8) is 0 Å². The molecule has 2 unspecified atom stereocenters. The van der Waals surface area contributed by atoms with Gasteiger partial charge in [0.05, 0.1) is 6.10 Å². The number of hydrogen-bond acceptors (Lipinski definition) is 4. The molecule has 4 atom stereocenters. The average molecular weight is 380 g/mol. The molecule has 2 saturated heterocycles. The van der Waals surface area contributed by atoms with Gasteiger partial charge in [0.1, 0.15) is 12.2 Å². The Morgan fingerprint density at radius 2 is 1.81 bits per heavy atom. The van der Waals surface area contributed by atoms with E-state index >= 15 is 0 Å². The number of alkyl halides is 3. The van der Waals surface area contributed by atoms with Crippen LogP contribution in [0.1, 0.15) is 60.3 Å². The Labute approximate surface area is 154 Å². The van der Waals surface area contributed by atoms with Gasteiger partial charge < -0.3 is 18.9 Å². The van der Waals surface area contributed by atoms with Crippen molar-refractivity contribution >= 4 is 0 Å². The smallest absolute Gasteiger partial charge is 0.376 e. The lowest BCUT2D eigenvalue weighted by Crippen LogP contribution is -2.36. The molecule has 0 aromatic carbocycles. The highest BCUT2D eigenvalue weighted by Gasteiger charge is 2.54. The Morgan fingerprint density at radius 1 is 1.15 bits per heavy atom. The zero-order chi connectivity index (χ0) is 19.8.